The molecule has 0 atom stereocenters. The number of nitrogens with zero attached hydrogens (tertiary/aromatic N) is 3. The fourth-order valence-electron chi connectivity index (χ4n) is 5.00. The average molecular weight is 449 g/mol. The van der Waals surface area contributed by atoms with Crippen molar-refractivity contribution in [1.82, 2.24) is 19.4 Å². The van der Waals surface area contributed by atoms with Crippen molar-refractivity contribution >= 4 is 11.9 Å². The van der Waals surface area contributed by atoms with Crippen LogP contribution in [0.1, 0.15) is 77.8 Å². The van der Waals surface area contributed by atoms with Gasteiger partial charge in [0.25, 0.3) is 5.56 Å². The molecule has 3 rings (SSSR count). The van der Waals surface area contributed by atoms with Crippen LogP contribution in [0.5, 0.6) is 5.88 Å². The van der Waals surface area contributed by atoms with Crippen LogP contribution in [0.3, 0.4) is 0 Å². The topological polar surface area (TPSA) is 146 Å². The predicted octanol–water partition coefficient (Wildman–Crippen LogP) is 1.72. The lowest BCUT2D eigenvalue weighted by Gasteiger charge is -2.40. The van der Waals surface area contributed by atoms with Gasteiger partial charge < -0.3 is 21.1 Å². The summed E-state index contributed by atoms with van der Waals surface area (Å²) in [5.41, 5.74) is 3.64. The van der Waals surface area contributed by atoms with Crippen molar-refractivity contribution in [3.05, 3.63) is 26.4 Å². The fraction of sp³-hybridized carbons (Fsp3) is 0.727. The zero-order chi connectivity index (χ0) is 23.8. The number of nitrogens with two attached hydrogens (primary N) is 1. The minimum absolute atomic E-state index is 0.0574. The van der Waals surface area contributed by atoms with E-state index in [2.05, 4.69) is 12.2 Å². The summed E-state index contributed by atoms with van der Waals surface area (Å²) < 4.78 is 2.34. The third kappa shape index (κ3) is 4.54. The third-order valence-corrected chi connectivity index (χ3v) is 6.77. The molecule has 0 radical (unpaired) electrons. The van der Waals surface area contributed by atoms with E-state index in [-0.39, 0.29) is 35.1 Å². The number of rotatable bonds is 7. The number of aromatic nitrogens is 2. The maximum absolute atomic E-state index is 13.1. The molecule has 0 bridgehead atoms. The molecule has 10 heteroatoms. The molecule has 5 N–H and O–H groups in total. The molecule has 1 aromatic heterocycles. The number of amides is 2. The first-order valence-electron chi connectivity index (χ1n) is 11.4. The highest BCUT2D eigenvalue weighted by molar-refractivity contribution is 5.96. The maximum Gasteiger partial charge on any atom is 0.334 e. The Morgan fingerprint density at radius 2 is 1.84 bits per heavy atom. The Kier molecular flexibility index (Phi) is 6.44. The van der Waals surface area contributed by atoms with Gasteiger partial charge >= 0.3 is 11.7 Å². The minimum Gasteiger partial charge on any atom is -0.494 e. The smallest absolute Gasteiger partial charge is 0.334 e. The van der Waals surface area contributed by atoms with Crippen molar-refractivity contribution in [3.8, 4) is 5.88 Å². The Hall–Kier alpha value is -2.78. The number of carbonyl (C=O) groups is 1. The lowest BCUT2D eigenvalue weighted by molar-refractivity contribution is 0.118. The largest absolute Gasteiger partial charge is 0.494 e. The average Bonchev–Trinajstić information content (AvgIpc) is 2.93. The first-order valence-corrected chi connectivity index (χ1v) is 11.4. The predicted molar refractivity (Wildman–Crippen MR) is 122 cm³/mol. The molecule has 1 aromatic rings. The van der Waals surface area contributed by atoms with Gasteiger partial charge in [0, 0.05) is 25.7 Å². The molecular formula is C22H36N6O4. The summed E-state index contributed by atoms with van der Waals surface area (Å²) in [6.45, 7) is 9.63. The molecular weight excluding hydrogens is 412 g/mol. The quantitative estimate of drug-likeness (QED) is 0.370. The van der Waals surface area contributed by atoms with E-state index in [1.165, 1.54) is 4.57 Å². The van der Waals surface area contributed by atoms with E-state index in [1.807, 2.05) is 25.7 Å². The Morgan fingerprint density at radius 3 is 2.34 bits per heavy atom. The number of nitrogen functional groups attached to an aromatic ring is 1. The van der Waals surface area contributed by atoms with Crippen LogP contribution in [0.4, 0.5) is 4.79 Å². The van der Waals surface area contributed by atoms with E-state index in [0.717, 1.165) is 23.8 Å². The van der Waals surface area contributed by atoms with Gasteiger partial charge in [0.2, 0.25) is 5.88 Å². The highest BCUT2D eigenvalue weighted by atomic mass is 16.3. The monoisotopic (exact) mass is 448 g/mol. The number of hydrogen-bond donors (Lipinski definition) is 4. The van der Waals surface area contributed by atoms with E-state index in [9.17, 15) is 19.5 Å². The fourth-order valence-corrected chi connectivity index (χ4v) is 5.00. The van der Waals surface area contributed by atoms with Gasteiger partial charge in [-0.2, -0.15) is 0 Å². The SMILES string of the molecule is CCCCn1c(O)c(C(=N)N)c(=O)n(C2CCC(C)(CN3CC(C)(C)NC3=O)CC2)c1=O. The highest BCUT2D eigenvalue weighted by Gasteiger charge is 2.41. The first kappa shape index (κ1) is 23.9. The minimum atomic E-state index is -0.706. The molecule has 0 spiro atoms. The van der Waals surface area contributed by atoms with E-state index in [1.54, 1.807) is 0 Å². The van der Waals surface area contributed by atoms with Gasteiger partial charge in [-0.25, -0.2) is 9.59 Å². The molecule has 1 saturated heterocycles. The Labute approximate surface area is 187 Å². The molecule has 2 aliphatic rings. The van der Waals surface area contributed by atoms with Crippen molar-refractivity contribution in [3.63, 3.8) is 0 Å². The van der Waals surface area contributed by atoms with Crippen LogP contribution in [0.25, 0.3) is 0 Å². The van der Waals surface area contributed by atoms with Crippen LogP contribution < -0.4 is 22.3 Å². The van der Waals surface area contributed by atoms with E-state index in [4.69, 9.17) is 11.1 Å². The summed E-state index contributed by atoms with van der Waals surface area (Å²) in [5, 5.41) is 21.2. The molecule has 178 valence electrons. The molecule has 2 fully saturated rings. The standard InChI is InChI=1S/C22H36N6O4/c1-5-6-11-27-17(29)15(16(23)24)18(30)28(20(27)32)14-7-9-22(4,10-8-14)13-26-12-21(2,3)25-19(26)31/h14,29H,5-13H2,1-4H3,(H3,23,24)(H,25,31). The molecule has 0 unspecified atom stereocenters. The number of nitrogens with one attached hydrogen (secondary N) is 2. The number of amidine groups is 1. The molecule has 0 aromatic carbocycles. The third-order valence-electron chi connectivity index (χ3n) is 6.77. The summed E-state index contributed by atoms with van der Waals surface area (Å²) in [6, 6.07) is -0.392. The van der Waals surface area contributed by atoms with Crippen LogP contribution in [0, 0.1) is 10.8 Å². The second-order valence-electron chi connectivity index (χ2n) is 10.3. The van der Waals surface area contributed by atoms with Crippen molar-refractivity contribution in [2.75, 3.05) is 13.1 Å². The van der Waals surface area contributed by atoms with Crippen LogP contribution in [0.15, 0.2) is 9.59 Å². The van der Waals surface area contributed by atoms with Gasteiger partial charge in [-0.05, 0) is 51.4 Å². The molecule has 2 amide bonds. The zero-order valence-electron chi connectivity index (χ0n) is 19.5. The van der Waals surface area contributed by atoms with E-state index < -0.39 is 23.0 Å². The number of hydrogen-bond acceptors (Lipinski definition) is 5. The van der Waals surface area contributed by atoms with Crippen LogP contribution >= 0.6 is 0 Å². The number of urea groups is 1. The molecule has 1 saturated carbocycles. The van der Waals surface area contributed by atoms with Gasteiger partial charge in [0.15, 0.2) is 0 Å². The van der Waals surface area contributed by atoms with Gasteiger partial charge in [-0.15, -0.1) is 0 Å². The summed E-state index contributed by atoms with van der Waals surface area (Å²) >= 11 is 0. The van der Waals surface area contributed by atoms with Gasteiger partial charge in [-0.1, -0.05) is 20.3 Å². The van der Waals surface area contributed by atoms with Gasteiger partial charge in [-0.3, -0.25) is 19.3 Å². The normalized spacial score (nSPS) is 25.1. The van der Waals surface area contributed by atoms with Gasteiger partial charge in [0.1, 0.15) is 11.4 Å². The summed E-state index contributed by atoms with van der Waals surface area (Å²) in [5.74, 6) is -1.07. The summed E-state index contributed by atoms with van der Waals surface area (Å²) in [7, 11) is 0. The number of aromatic hydroxyl groups is 1. The molecule has 1 aliphatic heterocycles. The number of carbonyl (C=O) groups excluding carboxylic acids is 1. The second-order valence-corrected chi connectivity index (χ2v) is 10.3. The highest BCUT2D eigenvalue weighted by Crippen LogP contribution is 2.41. The molecule has 2 heterocycles. The van der Waals surface area contributed by atoms with Crippen molar-refractivity contribution in [2.45, 2.75) is 84.3 Å². The Balaban J connectivity index is 1.85. The van der Waals surface area contributed by atoms with Crippen LogP contribution in [0.2, 0.25) is 0 Å². The molecule has 1 aliphatic carbocycles. The first-order chi connectivity index (χ1) is 14.9. The Morgan fingerprint density at radius 1 is 1.22 bits per heavy atom. The summed E-state index contributed by atoms with van der Waals surface area (Å²) in [4.78, 5) is 40.3. The molecule has 32 heavy (non-hydrogen) atoms. The lowest BCUT2D eigenvalue weighted by Crippen LogP contribution is -2.47. The van der Waals surface area contributed by atoms with Crippen molar-refractivity contribution in [2.24, 2.45) is 11.1 Å². The maximum atomic E-state index is 13.1. The molecule has 10 nitrogen and oxygen atoms in total. The van der Waals surface area contributed by atoms with Crippen molar-refractivity contribution < 1.29 is 9.90 Å². The number of unbranched alkanes of at least 4 members (excludes halogenated alkanes) is 1. The van der Waals surface area contributed by atoms with Crippen molar-refractivity contribution in [1.29, 1.82) is 5.41 Å². The van der Waals surface area contributed by atoms with E-state index >= 15 is 0 Å². The van der Waals surface area contributed by atoms with Crippen LogP contribution in [-0.2, 0) is 6.54 Å². The van der Waals surface area contributed by atoms with Crippen LogP contribution in [-0.4, -0.2) is 49.6 Å². The van der Waals surface area contributed by atoms with Gasteiger partial charge in [0.05, 0.1) is 5.54 Å². The Bertz CT molecular complexity index is 1020. The van der Waals surface area contributed by atoms with E-state index in [0.29, 0.717) is 32.4 Å². The zero-order valence-corrected chi connectivity index (χ0v) is 19.5. The summed E-state index contributed by atoms with van der Waals surface area (Å²) in [6.07, 6.45) is 4.15. The lowest BCUT2D eigenvalue weighted by atomic mass is 9.73. The second kappa shape index (κ2) is 8.63.